The van der Waals surface area contributed by atoms with E-state index in [-0.39, 0.29) is 30.6 Å². The summed E-state index contributed by atoms with van der Waals surface area (Å²) in [5.74, 6) is -0.200. The van der Waals surface area contributed by atoms with Crippen LogP contribution in [0.15, 0.2) is 35.0 Å². The Morgan fingerprint density at radius 2 is 1.46 bits per heavy atom. The van der Waals surface area contributed by atoms with Gasteiger partial charge >= 0.3 is 11.9 Å². The Kier molecular flexibility index (Phi) is 10.1. The molecule has 2 aliphatic heterocycles. The minimum Gasteiger partial charge on any atom is -0.425 e. The summed E-state index contributed by atoms with van der Waals surface area (Å²) in [6, 6.07) is 3.52. The van der Waals surface area contributed by atoms with Gasteiger partial charge in [0, 0.05) is 80.0 Å². The van der Waals surface area contributed by atoms with Gasteiger partial charge in [-0.3, -0.25) is 19.2 Å². The van der Waals surface area contributed by atoms with Crippen LogP contribution in [-0.2, 0) is 25.6 Å². The molecule has 1 atom stereocenters. The smallest absolute Gasteiger partial charge is 0.308 e. The molecule has 0 saturated carbocycles. The molecule has 2 amide bonds. The van der Waals surface area contributed by atoms with Crippen LogP contribution in [-0.4, -0.2) is 49.1 Å². The monoisotopic (exact) mass is 700 g/mol. The molecule has 4 heterocycles. The molecule has 0 saturated heterocycles. The van der Waals surface area contributed by atoms with E-state index in [1.165, 1.54) is 42.9 Å². The summed E-state index contributed by atoms with van der Waals surface area (Å²) < 4.78 is 12.8. The number of carbonyl (C=O) groups is 4. The lowest BCUT2D eigenvalue weighted by Gasteiger charge is -2.21. The predicted molar refractivity (Wildman–Crippen MR) is 188 cm³/mol. The number of thiophene rings is 2. The number of hydrogen-bond donors (Lipinski definition) is 0. The molecule has 2 aliphatic rings. The van der Waals surface area contributed by atoms with E-state index in [9.17, 15) is 19.2 Å². The number of fused-ring (bicyclic) bond motifs is 6. The zero-order valence-corrected chi connectivity index (χ0v) is 29.4. The van der Waals surface area contributed by atoms with Crippen molar-refractivity contribution in [2.75, 3.05) is 35.2 Å². The number of alkyl halides is 2. The zero-order chi connectivity index (χ0) is 33.4. The highest BCUT2D eigenvalue weighted by Gasteiger charge is 2.37. The number of hydrogen-bond acceptors (Lipinski definition) is 8. The second kappa shape index (κ2) is 13.7. The molecule has 0 radical (unpaired) electrons. The van der Waals surface area contributed by atoms with Crippen LogP contribution >= 0.6 is 45.9 Å². The number of aryl methyl sites for hydroxylation is 2. The maximum absolute atomic E-state index is 13.8. The Morgan fingerprint density at radius 3 is 2.04 bits per heavy atom. The standard InChI is InChI=1S/C33H31ClN2O6S2.CH3Cl/c1-16(6-7-27(39)35-9-8-22-23(35)10-25(41-19(4)37)31-28(22)17(2)14-43-31)33(40)36-13-21(12-34)30-24(36)11-26(42-20(5)38)32-29(30)18(3)15-44-32;1-2/h10-11,14-15,21H,1,6-9,12-13H2,2-5H3;1H3/t21-;/m1./s1. The molecule has 6 rings (SSSR count). The largest absolute Gasteiger partial charge is 0.425 e. The molecule has 46 heavy (non-hydrogen) atoms. The molecule has 0 fully saturated rings. The molecule has 0 spiro atoms. The number of amides is 2. The fourth-order valence-corrected chi connectivity index (χ4v) is 8.68. The van der Waals surface area contributed by atoms with E-state index in [0.717, 1.165) is 48.1 Å². The average Bonchev–Trinajstić information content (AvgIpc) is 3.80. The molecule has 12 heteroatoms. The summed E-state index contributed by atoms with van der Waals surface area (Å²) in [5, 5.41) is 6.03. The summed E-state index contributed by atoms with van der Waals surface area (Å²) in [7, 11) is 0. The lowest BCUT2D eigenvalue weighted by molar-refractivity contribution is -0.132. The highest BCUT2D eigenvalue weighted by Crippen LogP contribution is 2.49. The third-order valence-corrected chi connectivity index (χ3v) is 10.8. The lowest BCUT2D eigenvalue weighted by Crippen LogP contribution is -2.32. The van der Waals surface area contributed by atoms with Gasteiger partial charge in [0.25, 0.3) is 5.91 Å². The summed E-state index contributed by atoms with van der Waals surface area (Å²) in [6.45, 7) is 11.7. The molecule has 0 N–H and O–H groups in total. The maximum Gasteiger partial charge on any atom is 0.308 e. The van der Waals surface area contributed by atoms with E-state index in [1.54, 1.807) is 21.9 Å². The van der Waals surface area contributed by atoms with Crippen molar-refractivity contribution >= 4 is 101 Å². The number of rotatable bonds is 7. The van der Waals surface area contributed by atoms with Crippen molar-refractivity contribution in [3.8, 4) is 11.5 Å². The van der Waals surface area contributed by atoms with E-state index in [0.29, 0.717) is 48.1 Å². The van der Waals surface area contributed by atoms with Crippen LogP contribution in [0.2, 0.25) is 0 Å². The average molecular weight is 702 g/mol. The Morgan fingerprint density at radius 1 is 0.891 bits per heavy atom. The molecular weight excluding hydrogens is 667 g/mol. The van der Waals surface area contributed by atoms with Crippen molar-refractivity contribution in [2.45, 2.75) is 52.9 Å². The van der Waals surface area contributed by atoms with E-state index in [2.05, 4.69) is 18.2 Å². The maximum atomic E-state index is 13.8. The number of anilines is 2. The quantitative estimate of drug-likeness (QED) is 0.0839. The van der Waals surface area contributed by atoms with Gasteiger partial charge in [-0.25, -0.2) is 0 Å². The Hall–Kier alpha value is -3.44. The van der Waals surface area contributed by atoms with Gasteiger partial charge in [0.1, 0.15) is 0 Å². The normalized spacial score (nSPS) is 15.0. The molecule has 2 aromatic heterocycles. The van der Waals surface area contributed by atoms with Gasteiger partial charge in [0.05, 0.1) is 20.8 Å². The van der Waals surface area contributed by atoms with Gasteiger partial charge in [-0.2, -0.15) is 0 Å². The van der Waals surface area contributed by atoms with Crippen molar-refractivity contribution in [2.24, 2.45) is 0 Å². The molecule has 0 aliphatic carbocycles. The van der Waals surface area contributed by atoms with Crippen LogP contribution in [0.3, 0.4) is 0 Å². The Balaban J connectivity index is 0.00000204. The minimum atomic E-state index is -0.441. The molecular formula is C34H34Cl2N2O6S2. The molecule has 4 aromatic rings. The van der Waals surface area contributed by atoms with E-state index >= 15 is 0 Å². The van der Waals surface area contributed by atoms with Crippen LogP contribution < -0.4 is 19.3 Å². The van der Waals surface area contributed by atoms with Crippen LogP contribution in [0.1, 0.15) is 54.9 Å². The number of halogens is 2. The SMILES string of the molecule is C=C(CCC(=O)N1CCc2c1cc(OC(C)=O)c1scc(C)c21)C(=O)N1C[C@@H](CCl)c2c1cc(OC(C)=O)c1scc(C)c21.CCl. The van der Waals surface area contributed by atoms with Crippen LogP contribution in [0.5, 0.6) is 11.5 Å². The van der Waals surface area contributed by atoms with E-state index in [4.69, 9.17) is 21.1 Å². The topological polar surface area (TPSA) is 93.2 Å². The summed E-state index contributed by atoms with van der Waals surface area (Å²) in [5.41, 5.74) is 5.84. The Bertz CT molecular complexity index is 1910. The Labute approximate surface area is 285 Å². The highest BCUT2D eigenvalue weighted by atomic mass is 35.5. The van der Waals surface area contributed by atoms with Gasteiger partial charge < -0.3 is 19.3 Å². The van der Waals surface area contributed by atoms with Gasteiger partial charge in [-0.05, 0) is 59.7 Å². The van der Waals surface area contributed by atoms with Crippen LogP contribution in [0.25, 0.3) is 20.2 Å². The van der Waals surface area contributed by atoms with Crippen molar-refractivity contribution in [1.29, 1.82) is 0 Å². The predicted octanol–water partition coefficient (Wildman–Crippen LogP) is 8.03. The minimum absolute atomic E-state index is 0.0918. The first-order valence-corrected chi connectivity index (χ1v) is 17.7. The second-order valence-corrected chi connectivity index (χ2v) is 13.3. The van der Waals surface area contributed by atoms with Crippen molar-refractivity contribution < 1.29 is 28.7 Å². The fourth-order valence-electron chi connectivity index (χ4n) is 6.38. The number of esters is 2. The number of nitrogens with zero attached hydrogens (tertiary/aromatic N) is 2. The van der Waals surface area contributed by atoms with Crippen molar-refractivity contribution in [3.63, 3.8) is 0 Å². The number of benzene rings is 2. The van der Waals surface area contributed by atoms with Gasteiger partial charge in [-0.1, -0.05) is 6.58 Å². The fraction of sp³-hybridized carbons (Fsp3) is 0.353. The number of ether oxygens (including phenoxy) is 2. The second-order valence-electron chi connectivity index (χ2n) is 11.3. The first-order valence-electron chi connectivity index (χ1n) is 14.7. The van der Waals surface area contributed by atoms with E-state index < -0.39 is 11.9 Å². The summed E-state index contributed by atoms with van der Waals surface area (Å²) in [4.78, 5) is 54.4. The summed E-state index contributed by atoms with van der Waals surface area (Å²) in [6.07, 6.45) is 2.43. The highest BCUT2D eigenvalue weighted by molar-refractivity contribution is 7.18. The van der Waals surface area contributed by atoms with Crippen LogP contribution in [0.4, 0.5) is 11.4 Å². The third-order valence-electron chi connectivity index (χ3n) is 8.25. The number of carbonyl (C=O) groups excluding carboxylic acids is 4. The third kappa shape index (κ3) is 6.03. The first kappa shape index (κ1) is 33.9. The summed E-state index contributed by atoms with van der Waals surface area (Å²) >= 11 is 14.1. The van der Waals surface area contributed by atoms with E-state index in [1.807, 2.05) is 24.6 Å². The van der Waals surface area contributed by atoms with Gasteiger partial charge in [0.15, 0.2) is 11.5 Å². The zero-order valence-electron chi connectivity index (χ0n) is 26.3. The molecule has 0 unspecified atom stereocenters. The van der Waals surface area contributed by atoms with Gasteiger partial charge in [-0.15, -0.1) is 45.9 Å². The molecule has 242 valence electrons. The molecule has 2 aromatic carbocycles. The lowest BCUT2D eigenvalue weighted by atomic mass is 9.97. The van der Waals surface area contributed by atoms with Gasteiger partial charge in [0.2, 0.25) is 5.91 Å². The van der Waals surface area contributed by atoms with Crippen molar-refractivity contribution in [1.82, 2.24) is 0 Å². The van der Waals surface area contributed by atoms with Crippen molar-refractivity contribution in [3.05, 3.63) is 57.3 Å². The molecule has 8 nitrogen and oxygen atoms in total. The first-order chi connectivity index (χ1) is 22.0. The molecule has 0 bridgehead atoms. The van der Waals surface area contributed by atoms with Crippen LogP contribution in [0, 0.1) is 13.8 Å².